The van der Waals surface area contributed by atoms with Crippen LogP contribution in [0.25, 0.3) is 0 Å². The molecule has 1 unspecified atom stereocenters. The van der Waals surface area contributed by atoms with Gasteiger partial charge in [-0.25, -0.2) is 0 Å². The Hall–Kier alpha value is -1.64. The largest absolute Gasteiger partial charge is 0.416 e. The number of hydrogen-bond acceptors (Lipinski definition) is 4. The molecule has 0 aromatic heterocycles. The van der Waals surface area contributed by atoms with Crippen molar-refractivity contribution >= 4 is 5.91 Å². The van der Waals surface area contributed by atoms with Crippen molar-refractivity contribution < 1.29 is 22.7 Å². The molecule has 28 heavy (non-hydrogen) atoms. The molecule has 0 saturated carbocycles. The molecule has 3 atom stereocenters. The summed E-state index contributed by atoms with van der Waals surface area (Å²) in [6.45, 7) is 4.57. The highest BCUT2D eigenvalue weighted by Crippen LogP contribution is 2.30. The van der Waals surface area contributed by atoms with Crippen molar-refractivity contribution in [1.82, 2.24) is 15.1 Å². The van der Waals surface area contributed by atoms with Gasteiger partial charge in [-0.3, -0.25) is 9.69 Å². The Bertz CT molecular complexity index is 687. The van der Waals surface area contributed by atoms with Crippen LogP contribution in [0.3, 0.4) is 0 Å². The lowest BCUT2D eigenvalue weighted by molar-refractivity contribution is -0.142. The molecule has 0 bridgehead atoms. The molecule has 0 aliphatic carbocycles. The fourth-order valence-corrected chi connectivity index (χ4v) is 4.68. The molecular formula is C20H26F3N3O2. The third-order valence-corrected chi connectivity index (χ3v) is 6.08. The molecule has 4 rings (SSSR count). The van der Waals surface area contributed by atoms with E-state index in [1.165, 1.54) is 25.0 Å². The van der Waals surface area contributed by atoms with Crippen LogP contribution in [0, 0.1) is 0 Å². The Morgan fingerprint density at radius 3 is 2.50 bits per heavy atom. The van der Waals surface area contributed by atoms with Gasteiger partial charge in [0, 0.05) is 13.1 Å². The summed E-state index contributed by atoms with van der Waals surface area (Å²) in [5, 5.41) is 3.48. The van der Waals surface area contributed by atoms with Gasteiger partial charge in [0.05, 0.1) is 43.3 Å². The predicted octanol–water partition coefficient (Wildman–Crippen LogP) is 1.91. The highest BCUT2D eigenvalue weighted by Gasteiger charge is 2.44. The third kappa shape index (κ3) is 4.04. The molecule has 3 aliphatic heterocycles. The summed E-state index contributed by atoms with van der Waals surface area (Å²) in [7, 11) is 0. The summed E-state index contributed by atoms with van der Waals surface area (Å²) >= 11 is 0. The lowest BCUT2D eigenvalue weighted by Gasteiger charge is -2.50. The van der Waals surface area contributed by atoms with Crippen molar-refractivity contribution in [2.24, 2.45) is 0 Å². The number of ether oxygens (including phenoxy) is 1. The van der Waals surface area contributed by atoms with Crippen LogP contribution in [0.15, 0.2) is 24.3 Å². The van der Waals surface area contributed by atoms with Crippen LogP contribution in [-0.4, -0.2) is 73.2 Å². The molecule has 0 radical (unpaired) electrons. The summed E-state index contributed by atoms with van der Waals surface area (Å²) in [5.74, 6) is -0.0256. The van der Waals surface area contributed by atoms with Crippen LogP contribution in [0.5, 0.6) is 0 Å². The van der Waals surface area contributed by atoms with Gasteiger partial charge >= 0.3 is 6.18 Å². The summed E-state index contributed by atoms with van der Waals surface area (Å²) < 4.78 is 44.1. The summed E-state index contributed by atoms with van der Waals surface area (Å²) in [6.07, 6.45) is -1.91. The van der Waals surface area contributed by atoms with E-state index in [1.807, 2.05) is 4.90 Å². The lowest BCUT2D eigenvalue weighted by atomic mass is 9.92. The first kappa shape index (κ1) is 19.7. The van der Waals surface area contributed by atoms with Crippen LogP contribution in [0.4, 0.5) is 13.2 Å². The number of nitrogens with zero attached hydrogens (tertiary/aromatic N) is 2. The van der Waals surface area contributed by atoms with Gasteiger partial charge in [0.25, 0.3) is 0 Å². The second-order valence-corrected chi connectivity index (χ2v) is 7.86. The van der Waals surface area contributed by atoms with Crippen LogP contribution in [0.1, 0.15) is 24.0 Å². The number of halogens is 3. The van der Waals surface area contributed by atoms with E-state index in [2.05, 4.69) is 10.2 Å². The normalized spacial score (nSPS) is 29.0. The summed E-state index contributed by atoms with van der Waals surface area (Å²) in [6, 6.07) is 5.22. The molecule has 0 spiro atoms. The molecule has 3 aliphatic rings. The number of rotatable bonds is 3. The highest BCUT2D eigenvalue weighted by atomic mass is 19.4. The first-order valence-corrected chi connectivity index (χ1v) is 9.94. The molecule has 3 saturated heterocycles. The molecule has 1 aromatic carbocycles. The first-order chi connectivity index (χ1) is 13.4. The van der Waals surface area contributed by atoms with E-state index in [4.69, 9.17) is 4.74 Å². The Kier molecular flexibility index (Phi) is 5.62. The van der Waals surface area contributed by atoms with E-state index < -0.39 is 11.7 Å². The minimum absolute atomic E-state index is 0.0256. The second-order valence-electron chi connectivity index (χ2n) is 7.86. The van der Waals surface area contributed by atoms with E-state index in [9.17, 15) is 18.0 Å². The number of piperazine rings is 1. The van der Waals surface area contributed by atoms with Gasteiger partial charge in [-0.05, 0) is 43.6 Å². The van der Waals surface area contributed by atoms with Gasteiger partial charge in [0.1, 0.15) is 0 Å². The predicted molar refractivity (Wildman–Crippen MR) is 97.9 cm³/mol. The zero-order chi connectivity index (χ0) is 19.7. The zero-order valence-corrected chi connectivity index (χ0v) is 15.8. The van der Waals surface area contributed by atoms with Crippen molar-refractivity contribution in [2.75, 3.05) is 39.4 Å². The third-order valence-electron chi connectivity index (χ3n) is 6.08. The number of fused-ring (bicyclic) bond motifs is 1. The van der Waals surface area contributed by atoms with Crippen LogP contribution >= 0.6 is 0 Å². The summed E-state index contributed by atoms with van der Waals surface area (Å²) in [4.78, 5) is 17.4. The molecule has 1 N–H and O–H groups in total. The number of amides is 1. The topological polar surface area (TPSA) is 44.8 Å². The molecule has 154 valence electrons. The van der Waals surface area contributed by atoms with Crippen molar-refractivity contribution in [3.05, 3.63) is 35.4 Å². The maximum absolute atomic E-state index is 13.1. The monoisotopic (exact) mass is 397 g/mol. The van der Waals surface area contributed by atoms with E-state index in [1.54, 1.807) is 0 Å². The molecule has 5 nitrogen and oxygen atoms in total. The van der Waals surface area contributed by atoms with E-state index in [0.717, 1.165) is 25.2 Å². The maximum atomic E-state index is 13.1. The van der Waals surface area contributed by atoms with Crippen molar-refractivity contribution in [3.63, 3.8) is 0 Å². The molecule has 3 fully saturated rings. The zero-order valence-electron chi connectivity index (χ0n) is 15.8. The number of carbonyl (C=O) groups excluding carboxylic acids is 1. The number of nitrogens with one attached hydrogen (secondary N) is 1. The van der Waals surface area contributed by atoms with Gasteiger partial charge in [-0.2, -0.15) is 13.2 Å². The Labute approximate surface area is 162 Å². The van der Waals surface area contributed by atoms with Crippen LogP contribution < -0.4 is 5.32 Å². The van der Waals surface area contributed by atoms with Gasteiger partial charge in [-0.1, -0.05) is 12.1 Å². The fourth-order valence-electron chi connectivity index (χ4n) is 4.68. The lowest BCUT2D eigenvalue weighted by Crippen LogP contribution is -2.70. The maximum Gasteiger partial charge on any atom is 0.416 e. The van der Waals surface area contributed by atoms with Gasteiger partial charge in [-0.15, -0.1) is 0 Å². The van der Waals surface area contributed by atoms with E-state index in [0.29, 0.717) is 31.9 Å². The number of hydrogen-bond donors (Lipinski definition) is 1. The van der Waals surface area contributed by atoms with Crippen LogP contribution in [-0.2, 0) is 22.1 Å². The Morgan fingerprint density at radius 1 is 1.11 bits per heavy atom. The minimum atomic E-state index is -4.36. The van der Waals surface area contributed by atoms with E-state index in [-0.39, 0.29) is 30.5 Å². The number of benzene rings is 1. The molecule has 1 amide bonds. The average Bonchev–Trinajstić information content (AvgIpc) is 3.21. The fraction of sp³-hybridized carbons (Fsp3) is 0.650. The first-order valence-electron chi connectivity index (χ1n) is 9.94. The SMILES string of the molecule is O=C(Cc1ccc(C(F)(F)F)cc1)N1CCN[C@@H]2COCC(N3CCCC3)[C@H]21. The highest BCUT2D eigenvalue weighted by molar-refractivity contribution is 5.79. The molecule has 1 aromatic rings. The summed E-state index contributed by atoms with van der Waals surface area (Å²) in [5.41, 5.74) is -0.0812. The average molecular weight is 397 g/mol. The van der Waals surface area contributed by atoms with Gasteiger partial charge in [0.15, 0.2) is 0 Å². The van der Waals surface area contributed by atoms with Crippen LogP contribution in [0.2, 0.25) is 0 Å². The Morgan fingerprint density at radius 2 is 1.82 bits per heavy atom. The number of likely N-dealkylation sites (tertiary alicyclic amines) is 1. The standard InChI is InChI=1S/C20H26F3N3O2/c21-20(22,23)15-5-3-14(4-6-15)11-18(27)26-10-7-24-16-12-28-13-17(19(16)26)25-8-1-2-9-25/h3-6,16-17,19,24H,1-2,7-13H2/t16-,17?,19+/m1/s1. The minimum Gasteiger partial charge on any atom is -0.378 e. The van der Waals surface area contributed by atoms with Gasteiger partial charge < -0.3 is 15.0 Å². The molecular weight excluding hydrogens is 371 g/mol. The molecule has 3 heterocycles. The van der Waals surface area contributed by atoms with Crippen molar-refractivity contribution in [2.45, 2.75) is 43.6 Å². The van der Waals surface area contributed by atoms with Crippen molar-refractivity contribution in [1.29, 1.82) is 0 Å². The van der Waals surface area contributed by atoms with Gasteiger partial charge in [0.2, 0.25) is 5.91 Å². The Balaban J connectivity index is 1.48. The van der Waals surface area contributed by atoms with E-state index >= 15 is 0 Å². The quantitative estimate of drug-likeness (QED) is 0.847. The molecule has 8 heteroatoms. The second kappa shape index (κ2) is 8.00. The van der Waals surface area contributed by atoms with Crippen molar-refractivity contribution in [3.8, 4) is 0 Å². The number of alkyl halides is 3. The smallest absolute Gasteiger partial charge is 0.378 e. The number of carbonyl (C=O) groups is 1.